The Bertz CT molecular complexity index is 270. The molecule has 0 saturated carbocycles. The number of hydrogen-bond acceptors (Lipinski definition) is 4. The second-order valence-corrected chi connectivity index (χ2v) is 7.18. The van der Waals surface area contributed by atoms with Crippen molar-refractivity contribution in [3.63, 3.8) is 0 Å². The molecule has 1 aliphatic heterocycles. The predicted octanol–water partition coefficient (Wildman–Crippen LogP) is 1.54. The van der Waals surface area contributed by atoms with Crippen LogP contribution in [0.5, 0.6) is 0 Å². The molecule has 20 heavy (non-hydrogen) atoms. The Kier molecular flexibility index (Phi) is 7.45. The van der Waals surface area contributed by atoms with Crippen LogP contribution in [0, 0.1) is 0 Å². The van der Waals surface area contributed by atoms with E-state index in [4.69, 9.17) is 0 Å². The zero-order chi connectivity index (χ0) is 15.2. The molecule has 2 N–H and O–H groups in total. The topological polar surface area (TPSA) is 38.7 Å². The summed E-state index contributed by atoms with van der Waals surface area (Å²) < 4.78 is 0. The number of aliphatic hydroxyl groups excluding tert-OH is 1. The highest BCUT2D eigenvalue weighted by Crippen LogP contribution is 2.17. The Morgan fingerprint density at radius 1 is 1.40 bits per heavy atom. The maximum absolute atomic E-state index is 9.60. The maximum Gasteiger partial charge on any atom is 0.0610 e. The lowest BCUT2D eigenvalue weighted by Gasteiger charge is -2.37. The second-order valence-electron chi connectivity index (χ2n) is 7.18. The zero-order valence-electron chi connectivity index (χ0n) is 14.2. The van der Waals surface area contributed by atoms with Gasteiger partial charge in [-0.05, 0) is 59.8 Å². The molecule has 2 unspecified atom stereocenters. The molecule has 0 bridgehead atoms. The van der Waals surface area contributed by atoms with Gasteiger partial charge >= 0.3 is 0 Å². The molecule has 1 heterocycles. The van der Waals surface area contributed by atoms with Crippen LogP contribution < -0.4 is 5.32 Å². The van der Waals surface area contributed by atoms with E-state index in [-0.39, 0.29) is 12.1 Å². The summed E-state index contributed by atoms with van der Waals surface area (Å²) >= 11 is 0. The number of likely N-dealkylation sites (N-methyl/N-ethyl adjacent to an activating group) is 1. The minimum atomic E-state index is -0.134. The van der Waals surface area contributed by atoms with E-state index in [1.165, 1.54) is 25.9 Å². The van der Waals surface area contributed by atoms with Gasteiger partial charge in [-0.25, -0.2) is 0 Å². The first-order chi connectivity index (χ1) is 9.36. The Hall–Kier alpha value is -0.160. The highest BCUT2D eigenvalue weighted by Gasteiger charge is 2.25. The largest absolute Gasteiger partial charge is 0.394 e. The molecule has 1 saturated heterocycles. The van der Waals surface area contributed by atoms with E-state index in [1.807, 2.05) is 0 Å². The Balaban J connectivity index is 2.32. The molecule has 0 spiro atoms. The average molecular weight is 285 g/mol. The lowest BCUT2D eigenvalue weighted by atomic mass is 9.95. The number of aliphatic hydroxyl groups is 1. The zero-order valence-corrected chi connectivity index (χ0v) is 14.2. The quantitative estimate of drug-likeness (QED) is 0.710. The van der Waals surface area contributed by atoms with E-state index in [2.05, 4.69) is 50.0 Å². The van der Waals surface area contributed by atoms with Gasteiger partial charge < -0.3 is 20.2 Å². The highest BCUT2D eigenvalue weighted by atomic mass is 16.3. The summed E-state index contributed by atoms with van der Waals surface area (Å²) in [5.74, 6) is 0. The van der Waals surface area contributed by atoms with Gasteiger partial charge in [-0.2, -0.15) is 0 Å². The van der Waals surface area contributed by atoms with Gasteiger partial charge in [0.25, 0.3) is 0 Å². The molecule has 1 aliphatic rings. The third kappa shape index (κ3) is 6.08. The van der Waals surface area contributed by atoms with Crippen molar-refractivity contribution < 1.29 is 5.11 Å². The lowest BCUT2D eigenvalue weighted by Crippen LogP contribution is -2.50. The summed E-state index contributed by atoms with van der Waals surface area (Å²) in [7, 11) is 4.37. The molecule has 1 fully saturated rings. The highest BCUT2D eigenvalue weighted by molar-refractivity contribution is 4.85. The number of nitrogens with one attached hydrogen (secondary N) is 1. The van der Waals surface area contributed by atoms with Gasteiger partial charge in [0.2, 0.25) is 0 Å². The summed E-state index contributed by atoms with van der Waals surface area (Å²) in [5.41, 5.74) is -0.134. The van der Waals surface area contributed by atoms with E-state index in [0.29, 0.717) is 12.1 Å². The monoisotopic (exact) mass is 285 g/mol. The summed E-state index contributed by atoms with van der Waals surface area (Å²) in [4.78, 5) is 4.94. The molecule has 0 aromatic heterocycles. The van der Waals surface area contributed by atoms with Crippen LogP contribution in [-0.2, 0) is 0 Å². The molecule has 2 atom stereocenters. The first-order valence-electron chi connectivity index (χ1n) is 8.13. The number of likely N-dealkylation sites (tertiary alicyclic amines) is 1. The van der Waals surface area contributed by atoms with Crippen LogP contribution >= 0.6 is 0 Å². The fourth-order valence-corrected chi connectivity index (χ4v) is 3.24. The van der Waals surface area contributed by atoms with Crippen molar-refractivity contribution in [2.24, 2.45) is 0 Å². The number of piperidine rings is 1. The van der Waals surface area contributed by atoms with E-state index >= 15 is 0 Å². The van der Waals surface area contributed by atoms with Gasteiger partial charge in [0.15, 0.2) is 0 Å². The molecular weight excluding hydrogens is 250 g/mol. The summed E-state index contributed by atoms with van der Waals surface area (Å²) in [6.07, 6.45) is 4.82. The standard InChI is InChI=1S/C16H35N3O/c1-14(2)17-16(3,13-20)9-7-11-19-10-6-8-15(12-19)18(4)5/h14-15,17,20H,6-13H2,1-5H3. The van der Waals surface area contributed by atoms with Crippen LogP contribution in [0.4, 0.5) is 0 Å². The van der Waals surface area contributed by atoms with Gasteiger partial charge in [-0.3, -0.25) is 0 Å². The minimum absolute atomic E-state index is 0.134. The first-order valence-corrected chi connectivity index (χ1v) is 8.13. The van der Waals surface area contributed by atoms with Gasteiger partial charge in [0.05, 0.1) is 6.61 Å². The maximum atomic E-state index is 9.60. The molecule has 1 rings (SSSR count). The van der Waals surface area contributed by atoms with E-state index in [9.17, 15) is 5.11 Å². The molecular formula is C16H35N3O. The number of nitrogens with zero attached hydrogens (tertiary/aromatic N) is 2. The van der Waals surface area contributed by atoms with Crippen LogP contribution in [0.15, 0.2) is 0 Å². The summed E-state index contributed by atoms with van der Waals surface area (Å²) in [6.45, 7) is 10.2. The molecule has 0 radical (unpaired) electrons. The van der Waals surface area contributed by atoms with E-state index in [0.717, 1.165) is 19.4 Å². The third-order valence-electron chi connectivity index (χ3n) is 4.40. The van der Waals surface area contributed by atoms with E-state index < -0.39 is 0 Å². The van der Waals surface area contributed by atoms with Crippen LogP contribution in [0.25, 0.3) is 0 Å². The SMILES string of the molecule is CC(C)NC(C)(CO)CCCN1CCCC(N(C)C)C1. The average Bonchev–Trinajstić information content (AvgIpc) is 2.38. The summed E-state index contributed by atoms with van der Waals surface area (Å²) in [6, 6.07) is 1.13. The minimum Gasteiger partial charge on any atom is -0.394 e. The summed E-state index contributed by atoms with van der Waals surface area (Å²) in [5, 5.41) is 13.1. The molecule has 120 valence electrons. The molecule has 4 heteroatoms. The normalized spacial score (nSPS) is 24.3. The lowest BCUT2D eigenvalue weighted by molar-refractivity contribution is 0.118. The Morgan fingerprint density at radius 2 is 2.10 bits per heavy atom. The molecule has 0 aromatic rings. The first kappa shape index (κ1) is 17.9. The van der Waals surface area contributed by atoms with Crippen LogP contribution in [0.1, 0.15) is 46.5 Å². The fourth-order valence-electron chi connectivity index (χ4n) is 3.24. The molecule has 0 aromatic carbocycles. The van der Waals surface area contributed by atoms with Crippen molar-refractivity contribution >= 4 is 0 Å². The van der Waals surface area contributed by atoms with Gasteiger partial charge in [0.1, 0.15) is 0 Å². The Labute approximate surface area is 125 Å². The predicted molar refractivity (Wildman–Crippen MR) is 86.1 cm³/mol. The van der Waals surface area contributed by atoms with Crippen molar-refractivity contribution in [1.29, 1.82) is 0 Å². The van der Waals surface area contributed by atoms with Crippen molar-refractivity contribution in [2.45, 2.75) is 64.1 Å². The van der Waals surface area contributed by atoms with E-state index in [1.54, 1.807) is 0 Å². The number of rotatable bonds is 8. The van der Waals surface area contributed by atoms with Crippen LogP contribution in [-0.4, -0.2) is 72.9 Å². The fraction of sp³-hybridized carbons (Fsp3) is 1.00. The van der Waals surface area contributed by atoms with Crippen molar-refractivity contribution in [1.82, 2.24) is 15.1 Å². The van der Waals surface area contributed by atoms with Crippen molar-refractivity contribution in [3.8, 4) is 0 Å². The van der Waals surface area contributed by atoms with Gasteiger partial charge in [0, 0.05) is 24.2 Å². The Morgan fingerprint density at radius 3 is 2.65 bits per heavy atom. The number of hydrogen-bond donors (Lipinski definition) is 2. The van der Waals surface area contributed by atoms with Gasteiger partial charge in [-0.15, -0.1) is 0 Å². The second kappa shape index (κ2) is 8.32. The molecule has 0 amide bonds. The van der Waals surface area contributed by atoms with Crippen molar-refractivity contribution in [2.75, 3.05) is 40.3 Å². The third-order valence-corrected chi connectivity index (χ3v) is 4.40. The van der Waals surface area contributed by atoms with Gasteiger partial charge in [-0.1, -0.05) is 13.8 Å². The van der Waals surface area contributed by atoms with Crippen LogP contribution in [0.2, 0.25) is 0 Å². The van der Waals surface area contributed by atoms with Crippen molar-refractivity contribution in [3.05, 3.63) is 0 Å². The molecule has 0 aliphatic carbocycles. The van der Waals surface area contributed by atoms with Crippen LogP contribution in [0.3, 0.4) is 0 Å². The smallest absolute Gasteiger partial charge is 0.0610 e. The molecule has 4 nitrogen and oxygen atoms in total.